The molecule has 8 nitrogen and oxygen atoms in total. The monoisotopic (exact) mass is 470 g/mol. The molecule has 1 amide bonds. The molecule has 1 fully saturated rings. The molecule has 0 bridgehead atoms. The fourth-order valence-corrected chi connectivity index (χ4v) is 4.26. The number of fused-ring (bicyclic) bond motifs is 1. The summed E-state index contributed by atoms with van der Waals surface area (Å²) in [4.78, 5) is 26.7. The van der Waals surface area contributed by atoms with Crippen LogP contribution in [-0.4, -0.2) is 58.6 Å². The van der Waals surface area contributed by atoms with Gasteiger partial charge in [0.1, 0.15) is 17.8 Å². The van der Waals surface area contributed by atoms with E-state index in [0.29, 0.717) is 26.3 Å². The molecule has 0 saturated carbocycles. The number of amides is 1. The summed E-state index contributed by atoms with van der Waals surface area (Å²) in [6, 6.07) is 20.7. The number of benzene rings is 2. The van der Waals surface area contributed by atoms with Crippen molar-refractivity contribution in [3.63, 3.8) is 0 Å². The SMILES string of the molecule is C[C@@H](Nc1ncnc2[nH]c(-c3ccc(CNC(=O)CN4CCOCC4)cc3)cc12)c1ccccc1. The van der Waals surface area contributed by atoms with Crippen LogP contribution in [0.1, 0.15) is 24.1 Å². The van der Waals surface area contributed by atoms with Crippen molar-refractivity contribution in [2.24, 2.45) is 0 Å². The Morgan fingerprint density at radius 1 is 1.09 bits per heavy atom. The number of aromatic nitrogens is 3. The van der Waals surface area contributed by atoms with E-state index in [1.165, 1.54) is 5.56 Å². The first-order valence-corrected chi connectivity index (χ1v) is 12.0. The molecule has 1 aliphatic rings. The molecule has 5 rings (SSSR count). The third-order valence-electron chi connectivity index (χ3n) is 6.30. The molecule has 4 aromatic rings. The number of hydrogen-bond acceptors (Lipinski definition) is 6. The number of carbonyl (C=O) groups is 1. The number of hydrogen-bond donors (Lipinski definition) is 3. The molecule has 0 unspecified atom stereocenters. The minimum atomic E-state index is 0.0370. The Morgan fingerprint density at radius 2 is 1.86 bits per heavy atom. The van der Waals surface area contributed by atoms with E-state index in [1.807, 2.05) is 30.3 Å². The lowest BCUT2D eigenvalue weighted by Crippen LogP contribution is -2.43. The number of ether oxygens (including phenoxy) is 1. The van der Waals surface area contributed by atoms with E-state index < -0.39 is 0 Å². The fraction of sp³-hybridized carbons (Fsp3) is 0.296. The van der Waals surface area contributed by atoms with Crippen molar-refractivity contribution >= 4 is 22.8 Å². The largest absolute Gasteiger partial charge is 0.379 e. The van der Waals surface area contributed by atoms with Crippen molar-refractivity contribution < 1.29 is 9.53 Å². The predicted octanol–water partition coefficient (Wildman–Crippen LogP) is 3.75. The van der Waals surface area contributed by atoms with E-state index >= 15 is 0 Å². The molecular weight excluding hydrogens is 440 g/mol. The van der Waals surface area contributed by atoms with Crippen molar-refractivity contribution in [3.05, 3.63) is 78.1 Å². The van der Waals surface area contributed by atoms with E-state index in [1.54, 1.807) is 6.33 Å². The molecule has 1 saturated heterocycles. The number of nitrogens with zero attached hydrogens (tertiary/aromatic N) is 3. The summed E-state index contributed by atoms with van der Waals surface area (Å²) in [5, 5.41) is 7.47. The average molecular weight is 471 g/mol. The Bertz CT molecular complexity index is 1270. The molecule has 180 valence electrons. The maximum Gasteiger partial charge on any atom is 0.234 e. The zero-order valence-electron chi connectivity index (χ0n) is 19.8. The Balaban J connectivity index is 1.24. The van der Waals surface area contributed by atoms with E-state index in [4.69, 9.17) is 4.74 Å². The molecule has 3 N–H and O–H groups in total. The quantitative estimate of drug-likeness (QED) is 0.363. The highest BCUT2D eigenvalue weighted by atomic mass is 16.5. The number of anilines is 1. The van der Waals surface area contributed by atoms with Crippen molar-refractivity contribution in [2.75, 3.05) is 38.2 Å². The highest BCUT2D eigenvalue weighted by molar-refractivity contribution is 5.91. The minimum Gasteiger partial charge on any atom is -0.379 e. The van der Waals surface area contributed by atoms with Gasteiger partial charge in [0.2, 0.25) is 5.91 Å². The van der Waals surface area contributed by atoms with Gasteiger partial charge >= 0.3 is 0 Å². The van der Waals surface area contributed by atoms with Crippen LogP contribution in [0.15, 0.2) is 67.0 Å². The summed E-state index contributed by atoms with van der Waals surface area (Å²) in [7, 11) is 0. The van der Waals surface area contributed by atoms with Crippen LogP contribution in [0.25, 0.3) is 22.3 Å². The molecule has 0 aliphatic carbocycles. The topological polar surface area (TPSA) is 95.2 Å². The number of rotatable bonds is 8. The van der Waals surface area contributed by atoms with E-state index in [-0.39, 0.29) is 11.9 Å². The van der Waals surface area contributed by atoms with Crippen LogP contribution in [0, 0.1) is 0 Å². The standard InChI is InChI=1S/C27H30N6O2/c1-19(21-5-3-2-4-6-21)31-26-23-15-24(32-27(23)30-18-29-26)22-9-7-20(8-10-22)16-28-25(34)17-33-11-13-35-14-12-33/h2-10,15,18-19H,11-14,16-17H2,1H3,(H,28,34)(H2,29,30,31,32)/t19-/m1/s1. The molecule has 0 radical (unpaired) electrons. The summed E-state index contributed by atoms with van der Waals surface area (Å²) in [5.41, 5.74) is 5.06. The molecule has 1 atom stereocenters. The Labute approximate surface area is 204 Å². The van der Waals surface area contributed by atoms with Crippen LogP contribution in [-0.2, 0) is 16.1 Å². The van der Waals surface area contributed by atoms with Crippen LogP contribution in [0.2, 0.25) is 0 Å². The highest BCUT2D eigenvalue weighted by Crippen LogP contribution is 2.29. The lowest BCUT2D eigenvalue weighted by Gasteiger charge is -2.25. The van der Waals surface area contributed by atoms with Gasteiger partial charge in [-0.1, -0.05) is 54.6 Å². The third-order valence-corrected chi connectivity index (χ3v) is 6.30. The first kappa shape index (κ1) is 23.0. The van der Waals surface area contributed by atoms with Crippen molar-refractivity contribution in [2.45, 2.75) is 19.5 Å². The molecule has 8 heteroatoms. The number of nitrogens with one attached hydrogen (secondary N) is 3. The Morgan fingerprint density at radius 3 is 2.63 bits per heavy atom. The molecule has 0 spiro atoms. The van der Waals surface area contributed by atoms with Crippen molar-refractivity contribution in [3.8, 4) is 11.3 Å². The summed E-state index contributed by atoms with van der Waals surface area (Å²) >= 11 is 0. The summed E-state index contributed by atoms with van der Waals surface area (Å²) in [5.74, 6) is 0.836. The lowest BCUT2D eigenvalue weighted by atomic mass is 10.1. The van der Waals surface area contributed by atoms with Gasteiger partial charge in [0.05, 0.1) is 25.1 Å². The first-order valence-electron chi connectivity index (χ1n) is 12.0. The summed E-state index contributed by atoms with van der Waals surface area (Å²) < 4.78 is 5.33. The van der Waals surface area contributed by atoms with Gasteiger partial charge in [-0.25, -0.2) is 9.97 Å². The zero-order valence-corrected chi connectivity index (χ0v) is 19.8. The normalized spacial score (nSPS) is 15.1. The molecule has 2 aromatic carbocycles. The minimum absolute atomic E-state index is 0.0370. The van der Waals surface area contributed by atoms with Gasteiger partial charge in [-0.2, -0.15) is 0 Å². The Hall–Kier alpha value is -3.75. The second kappa shape index (κ2) is 10.7. The van der Waals surface area contributed by atoms with E-state index in [9.17, 15) is 4.79 Å². The first-order chi connectivity index (χ1) is 17.2. The number of aromatic amines is 1. The second-order valence-corrected chi connectivity index (χ2v) is 8.81. The van der Waals surface area contributed by atoms with Crippen molar-refractivity contribution in [1.29, 1.82) is 0 Å². The average Bonchev–Trinajstić information content (AvgIpc) is 3.34. The molecule has 35 heavy (non-hydrogen) atoms. The smallest absolute Gasteiger partial charge is 0.234 e. The lowest BCUT2D eigenvalue weighted by molar-refractivity contribution is -0.123. The van der Waals surface area contributed by atoms with Crippen LogP contribution >= 0.6 is 0 Å². The van der Waals surface area contributed by atoms with E-state index in [0.717, 1.165) is 46.8 Å². The van der Waals surface area contributed by atoms with Gasteiger partial charge in [0, 0.05) is 31.4 Å². The fourth-order valence-electron chi connectivity index (χ4n) is 4.26. The summed E-state index contributed by atoms with van der Waals surface area (Å²) in [6.45, 7) is 6.04. The van der Waals surface area contributed by atoms with Gasteiger partial charge in [-0.15, -0.1) is 0 Å². The molecule has 2 aromatic heterocycles. The van der Waals surface area contributed by atoms with Crippen LogP contribution in [0.3, 0.4) is 0 Å². The van der Waals surface area contributed by atoms with Crippen LogP contribution < -0.4 is 10.6 Å². The molecular formula is C27H30N6O2. The molecule has 3 heterocycles. The second-order valence-electron chi connectivity index (χ2n) is 8.81. The maximum atomic E-state index is 12.3. The number of H-pyrrole nitrogens is 1. The van der Waals surface area contributed by atoms with Crippen molar-refractivity contribution in [1.82, 2.24) is 25.2 Å². The highest BCUT2D eigenvalue weighted by Gasteiger charge is 2.15. The predicted molar refractivity (Wildman–Crippen MR) is 137 cm³/mol. The number of carbonyl (C=O) groups excluding carboxylic acids is 1. The number of morpholine rings is 1. The van der Waals surface area contributed by atoms with Gasteiger partial charge in [-0.3, -0.25) is 9.69 Å². The van der Waals surface area contributed by atoms with Crippen LogP contribution in [0.4, 0.5) is 5.82 Å². The van der Waals surface area contributed by atoms with Gasteiger partial charge in [-0.05, 0) is 29.7 Å². The van der Waals surface area contributed by atoms with Gasteiger partial charge in [0.25, 0.3) is 0 Å². The summed E-state index contributed by atoms with van der Waals surface area (Å²) in [6.07, 6.45) is 1.57. The van der Waals surface area contributed by atoms with Gasteiger partial charge < -0.3 is 20.4 Å². The van der Waals surface area contributed by atoms with Gasteiger partial charge in [0.15, 0.2) is 0 Å². The zero-order chi connectivity index (χ0) is 24.0. The van der Waals surface area contributed by atoms with Crippen LogP contribution in [0.5, 0.6) is 0 Å². The maximum absolute atomic E-state index is 12.3. The third kappa shape index (κ3) is 5.67. The Kier molecular flexibility index (Phi) is 7.02. The molecule has 1 aliphatic heterocycles. The van der Waals surface area contributed by atoms with E-state index in [2.05, 4.69) is 67.7 Å².